The summed E-state index contributed by atoms with van der Waals surface area (Å²) in [6.07, 6.45) is 2.88. The Kier molecular flexibility index (Phi) is 7.59. The summed E-state index contributed by atoms with van der Waals surface area (Å²) in [6, 6.07) is 0. The number of carbonyl (C=O) groups is 3. The van der Waals surface area contributed by atoms with Crippen LogP contribution in [-0.2, 0) is 28.6 Å². The molecule has 1 N–H and O–H groups in total. The largest absolute Gasteiger partial charge is 0.463 e. The molecule has 1 amide bonds. The van der Waals surface area contributed by atoms with Crippen LogP contribution < -0.4 is 5.32 Å². The first kappa shape index (κ1) is 20.4. The molecule has 2 aliphatic rings. The van der Waals surface area contributed by atoms with Gasteiger partial charge in [-0.1, -0.05) is 13.8 Å². The average Bonchev–Trinajstić information content (AvgIpc) is 2.87. The van der Waals surface area contributed by atoms with Gasteiger partial charge in [0.05, 0.1) is 19.8 Å². The van der Waals surface area contributed by atoms with Crippen molar-refractivity contribution in [3.63, 3.8) is 0 Å². The van der Waals surface area contributed by atoms with Crippen molar-refractivity contribution < 1.29 is 28.6 Å². The van der Waals surface area contributed by atoms with Gasteiger partial charge in [-0.05, 0) is 19.4 Å². The Morgan fingerprint density at radius 2 is 1.92 bits per heavy atom. The van der Waals surface area contributed by atoms with Gasteiger partial charge in [0, 0.05) is 37.2 Å². The van der Waals surface area contributed by atoms with Crippen LogP contribution in [0.3, 0.4) is 0 Å². The molecule has 1 unspecified atom stereocenters. The smallest absolute Gasteiger partial charge is 0.331 e. The van der Waals surface area contributed by atoms with Gasteiger partial charge in [0.15, 0.2) is 6.10 Å². The zero-order chi connectivity index (χ0) is 19.0. The minimum absolute atomic E-state index is 0.306. The Labute approximate surface area is 153 Å². The van der Waals surface area contributed by atoms with E-state index in [-0.39, 0.29) is 5.91 Å². The maximum atomic E-state index is 11.8. The molecule has 2 saturated heterocycles. The molecule has 2 fully saturated rings. The minimum atomic E-state index is -0.851. The normalized spacial score (nSPS) is 23.0. The van der Waals surface area contributed by atoms with E-state index >= 15 is 0 Å². The van der Waals surface area contributed by atoms with Crippen molar-refractivity contribution >= 4 is 17.8 Å². The predicted molar refractivity (Wildman–Crippen MR) is 93.3 cm³/mol. The van der Waals surface area contributed by atoms with E-state index in [0.29, 0.717) is 13.2 Å². The molecule has 0 aromatic heterocycles. The fourth-order valence-corrected chi connectivity index (χ4v) is 2.84. The fraction of sp³-hybridized carbons (Fsp3) is 0.722. The molecule has 0 radical (unpaired) electrons. The number of hydrogen-bond acceptors (Lipinski definition) is 7. The van der Waals surface area contributed by atoms with Gasteiger partial charge in [-0.25, -0.2) is 9.59 Å². The zero-order valence-corrected chi connectivity index (χ0v) is 15.5. The summed E-state index contributed by atoms with van der Waals surface area (Å²) in [7, 11) is 0. The van der Waals surface area contributed by atoms with Crippen LogP contribution in [0.1, 0.15) is 26.7 Å². The quantitative estimate of drug-likeness (QED) is 0.373. The Morgan fingerprint density at radius 3 is 2.58 bits per heavy atom. The highest BCUT2D eigenvalue weighted by Gasteiger charge is 2.43. The summed E-state index contributed by atoms with van der Waals surface area (Å²) < 4.78 is 15.5. The number of carbonyl (C=O) groups excluding carboxylic acids is 3. The molecule has 0 aromatic carbocycles. The van der Waals surface area contributed by atoms with Crippen molar-refractivity contribution in [1.29, 1.82) is 0 Å². The Balaban J connectivity index is 1.59. The number of esters is 2. The number of rotatable bonds is 8. The standard InChI is InChI=1S/C18H28N2O6/c1-18(2)13-19-17(23)16(18)26-15(22)6-5-14(21)25-10-4-3-7-20-8-11-24-12-9-20/h5-6,16H,3-4,7-13H2,1-2H3,(H,19,23)/b6-5+. The molecule has 0 saturated carbocycles. The Bertz CT molecular complexity index is 540. The summed E-state index contributed by atoms with van der Waals surface area (Å²) >= 11 is 0. The van der Waals surface area contributed by atoms with Crippen LogP contribution in [0.5, 0.6) is 0 Å². The van der Waals surface area contributed by atoms with E-state index < -0.39 is 23.5 Å². The van der Waals surface area contributed by atoms with Crippen molar-refractivity contribution in [2.75, 3.05) is 46.0 Å². The second kappa shape index (κ2) is 9.68. The summed E-state index contributed by atoms with van der Waals surface area (Å²) in [5, 5.41) is 2.65. The van der Waals surface area contributed by atoms with E-state index in [9.17, 15) is 14.4 Å². The van der Waals surface area contributed by atoms with Crippen LogP contribution in [-0.4, -0.2) is 74.8 Å². The first-order valence-corrected chi connectivity index (χ1v) is 9.02. The van der Waals surface area contributed by atoms with Crippen molar-refractivity contribution in [2.45, 2.75) is 32.8 Å². The van der Waals surface area contributed by atoms with Gasteiger partial charge in [-0.15, -0.1) is 0 Å². The lowest BCUT2D eigenvalue weighted by Gasteiger charge is -2.26. The molecule has 0 spiro atoms. The molecule has 0 aromatic rings. The number of unbranched alkanes of at least 4 members (excludes halogenated alkanes) is 1. The third-order valence-electron chi connectivity index (χ3n) is 4.47. The number of nitrogens with zero attached hydrogens (tertiary/aromatic N) is 1. The molecule has 1 atom stereocenters. The average molecular weight is 368 g/mol. The molecule has 8 nitrogen and oxygen atoms in total. The Morgan fingerprint density at radius 1 is 1.23 bits per heavy atom. The maximum absolute atomic E-state index is 11.8. The lowest BCUT2D eigenvalue weighted by molar-refractivity contribution is -0.154. The molecular formula is C18H28N2O6. The zero-order valence-electron chi connectivity index (χ0n) is 15.5. The first-order chi connectivity index (χ1) is 12.4. The van der Waals surface area contributed by atoms with Crippen LogP contribution in [0.4, 0.5) is 0 Å². The molecular weight excluding hydrogens is 340 g/mol. The summed E-state index contributed by atoms with van der Waals surface area (Å²) in [6.45, 7) is 8.81. The van der Waals surface area contributed by atoms with Crippen LogP contribution in [0.15, 0.2) is 12.2 Å². The highest BCUT2D eigenvalue weighted by atomic mass is 16.6. The van der Waals surface area contributed by atoms with Gasteiger partial charge in [-0.3, -0.25) is 9.69 Å². The second-order valence-corrected chi connectivity index (χ2v) is 7.19. The van der Waals surface area contributed by atoms with Crippen molar-refractivity contribution in [1.82, 2.24) is 10.2 Å². The lowest BCUT2D eigenvalue weighted by Crippen LogP contribution is -2.36. The summed E-state index contributed by atoms with van der Waals surface area (Å²) in [5.41, 5.74) is -0.471. The maximum Gasteiger partial charge on any atom is 0.331 e. The van der Waals surface area contributed by atoms with E-state index in [2.05, 4.69) is 10.2 Å². The highest BCUT2D eigenvalue weighted by Crippen LogP contribution is 2.27. The molecule has 2 heterocycles. The number of amides is 1. The van der Waals surface area contributed by atoms with Crippen LogP contribution in [0.2, 0.25) is 0 Å². The third kappa shape index (κ3) is 6.42. The number of morpholine rings is 1. The second-order valence-electron chi connectivity index (χ2n) is 7.19. The fourth-order valence-electron chi connectivity index (χ4n) is 2.84. The summed E-state index contributed by atoms with van der Waals surface area (Å²) in [4.78, 5) is 37.4. The van der Waals surface area contributed by atoms with Gasteiger partial charge < -0.3 is 19.5 Å². The minimum Gasteiger partial charge on any atom is -0.463 e. The first-order valence-electron chi connectivity index (χ1n) is 9.02. The topological polar surface area (TPSA) is 94.2 Å². The van der Waals surface area contributed by atoms with Gasteiger partial charge >= 0.3 is 11.9 Å². The monoisotopic (exact) mass is 368 g/mol. The van der Waals surface area contributed by atoms with Gasteiger partial charge in [0.25, 0.3) is 5.91 Å². The van der Waals surface area contributed by atoms with Crippen molar-refractivity contribution in [3.05, 3.63) is 12.2 Å². The molecule has 146 valence electrons. The van der Waals surface area contributed by atoms with Gasteiger partial charge in [-0.2, -0.15) is 0 Å². The molecule has 2 rings (SSSR count). The molecule has 0 aliphatic carbocycles. The van der Waals surface area contributed by atoms with E-state index in [1.807, 2.05) is 13.8 Å². The number of nitrogens with one attached hydrogen (secondary N) is 1. The van der Waals surface area contributed by atoms with Crippen LogP contribution in [0.25, 0.3) is 0 Å². The molecule has 8 heteroatoms. The van der Waals surface area contributed by atoms with E-state index in [4.69, 9.17) is 14.2 Å². The number of hydrogen-bond donors (Lipinski definition) is 1. The number of ether oxygens (including phenoxy) is 3. The predicted octanol–water partition coefficient (Wildman–Crippen LogP) is 0.266. The van der Waals surface area contributed by atoms with E-state index in [0.717, 1.165) is 57.8 Å². The van der Waals surface area contributed by atoms with E-state index in [1.54, 1.807) is 0 Å². The molecule has 2 aliphatic heterocycles. The molecule has 0 bridgehead atoms. The van der Waals surface area contributed by atoms with E-state index in [1.165, 1.54) is 0 Å². The van der Waals surface area contributed by atoms with Gasteiger partial charge in [0.1, 0.15) is 0 Å². The highest BCUT2D eigenvalue weighted by molar-refractivity contribution is 5.93. The van der Waals surface area contributed by atoms with Crippen molar-refractivity contribution in [2.24, 2.45) is 5.41 Å². The molecule has 26 heavy (non-hydrogen) atoms. The SMILES string of the molecule is CC1(C)CNC(=O)C1OC(=O)/C=C/C(=O)OCCCCN1CCOCC1. The van der Waals surface area contributed by atoms with Crippen LogP contribution in [0, 0.1) is 5.41 Å². The van der Waals surface area contributed by atoms with Gasteiger partial charge in [0.2, 0.25) is 0 Å². The van der Waals surface area contributed by atoms with Crippen LogP contribution >= 0.6 is 0 Å². The lowest BCUT2D eigenvalue weighted by atomic mass is 9.90. The summed E-state index contributed by atoms with van der Waals surface area (Å²) in [5.74, 6) is -1.65. The Hall–Kier alpha value is -1.93. The van der Waals surface area contributed by atoms with Crippen molar-refractivity contribution in [3.8, 4) is 0 Å². The third-order valence-corrected chi connectivity index (χ3v) is 4.47.